The van der Waals surface area contributed by atoms with Gasteiger partial charge in [-0.25, -0.2) is 0 Å². The first-order valence-corrected chi connectivity index (χ1v) is 5.64. The van der Waals surface area contributed by atoms with Crippen molar-refractivity contribution in [1.82, 2.24) is 4.90 Å². The third-order valence-electron chi connectivity index (χ3n) is 2.89. The van der Waals surface area contributed by atoms with Crippen LogP contribution in [0.5, 0.6) is 0 Å². The second kappa shape index (κ2) is 5.54. The SMILES string of the molecule is CCN(C)C(=O)CC(C)c1ccc(N)cc1. The fourth-order valence-corrected chi connectivity index (χ4v) is 1.54. The van der Waals surface area contributed by atoms with Crippen LogP contribution in [0.2, 0.25) is 0 Å². The van der Waals surface area contributed by atoms with Crippen LogP contribution in [-0.4, -0.2) is 24.4 Å². The summed E-state index contributed by atoms with van der Waals surface area (Å²) < 4.78 is 0. The first-order valence-electron chi connectivity index (χ1n) is 5.64. The van der Waals surface area contributed by atoms with Crippen molar-refractivity contribution in [3.8, 4) is 0 Å². The summed E-state index contributed by atoms with van der Waals surface area (Å²) in [7, 11) is 1.83. The largest absolute Gasteiger partial charge is 0.399 e. The third kappa shape index (κ3) is 3.26. The van der Waals surface area contributed by atoms with Crippen LogP contribution in [0, 0.1) is 0 Å². The molecule has 0 spiro atoms. The van der Waals surface area contributed by atoms with E-state index in [4.69, 9.17) is 5.73 Å². The number of benzene rings is 1. The Morgan fingerprint density at radius 3 is 2.44 bits per heavy atom. The van der Waals surface area contributed by atoms with Gasteiger partial charge in [0.2, 0.25) is 5.91 Å². The average Bonchev–Trinajstić information content (AvgIpc) is 2.28. The summed E-state index contributed by atoms with van der Waals surface area (Å²) in [4.78, 5) is 13.5. The number of carbonyl (C=O) groups excluding carboxylic acids is 1. The maximum absolute atomic E-state index is 11.7. The molecule has 0 saturated carbocycles. The molecule has 0 heterocycles. The fraction of sp³-hybridized carbons (Fsp3) is 0.462. The van der Waals surface area contributed by atoms with E-state index in [0.29, 0.717) is 6.42 Å². The standard InChI is InChI=1S/C13H20N2O/c1-4-15(3)13(16)9-10(2)11-5-7-12(14)8-6-11/h5-8,10H,4,9,14H2,1-3H3. The minimum absolute atomic E-state index is 0.187. The van der Waals surface area contributed by atoms with Crippen molar-refractivity contribution < 1.29 is 4.79 Å². The molecule has 0 radical (unpaired) electrons. The second-order valence-corrected chi connectivity index (χ2v) is 4.18. The topological polar surface area (TPSA) is 46.3 Å². The molecular formula is C13H20N2O. The molecule has 1 aromatic rings. The Kier molecular flexibility index (Phi) is 4.35. The van der Waals surface area contributed by atoms with Crippen molar-refractivity contribution in [3.63, 3.8) is 0 Å². The highest BCUT2D eigenvalue weighted by molar-refractivity contribution is 5.76. The Balaban J connectivity index is 2.62. The number of nitrogen functional groups attached to an aromatic ring is 1. The van der Waals surface area contributed by atoms with Crippen molar-refractivity contribution in [2.75, 3.05) is 19.3 Å². The van der Waals surface area contributed by atoms with E-state index in [1.807, 2.05) is 38.2 Å². The zero-order valence-corrected chi connectivity index (χ0v) is 10.2. The van der Waals surface area contributed by atoms with Gasteiger partial charge in [-0.2, -0.15) is 0 Å². The molecule has 1 atom stereocenters. The lowest BCUT2D eigenvalue weighted by Crippen LogP contribution is -2.27. The second-order valence-electron chi connectivity index (χ2n) is 4.18. The van der Waals surface area contributed by atoms with Gasteiger partial charge in [0, 0.05) is 25.7 Å². The van der Waals surface area contributed by atoms with Gasteiger partial charge in [-0.05, 0) is 30.5 Å². The number of rotatable bonds is 4. The minimum Gasteiger partial charge on any atom is -0.399 e. The van der Waals surface area contributed by atoms with E-state index < -0.39 is 0 Å². The zero-order valence-electron chi connectivity index (χ0n) is 10.2. The van der Waals surface area contributed by atoms with Gasteiger partial charge in [0.25, 0.3) is 0 Å². The number of anilines is 1. The highest BCUT2D eigenvalue weighted by atomic mass is 16.2. The lowest BCUT2D eigenvalue weighted by molar-refractivity contribution is -0.130. The summed E-state index contributed by atoms with van der Waals surface area (Å²) >= 11 is 0. The van der Waals surface area contributed by atoms with Crippen LogP contribution >= 0.6 is 0 Å². The molecule has 0 aliphatic rings. The van der Waals surface area contributed by atoms with E-state index in [-0.39, 0.29) is 11.8 Å². The van der Waals surface area contributed by atoms with E-state index in [0.717, 1.165) is 17.8 Å². The highest BCUT2D eigenvalue weighted by Gasteiger charge is 2.13. The molecule has 0 aromatic heterocycles. The Morgan fingerprint density at radius 2 is 1.94 bits per heavy atom. The summed E-state index contributed by atoms with van der Waals surface area (Å²) in [6.45, 7) is 4.80. The van der Waals surface area contributed by atoms with Gasteiger partial charge in [0.05, 0.1) is 0 Å². The van der Waals surface area contributed by atoms with Crippen molar-refractivity contribution in [2.45, 2.75) is 26.2 Å². The number of carbonyl (C=O) groups is 1. The average molecular weight is 220 g/mol. The van der Waals surface area contributed by atoms with Gasteiger partial charge in [0.15, 0.2) is 0 Å². The smallest absolute Gasteiger partial charge is 0.222 e. The summed E-state index contributed by atoms with van der Waals surface area (Å²) in [5, 5.41) is 0. The lowest BCUT2D eigenvalue weighted by Gasteiger charge is -2.18. The van der Waals surface area contributed by atoms with E-state index in [2.05, 4.69) is 6.92 Å². The molecule has 2 N–H and O–H groups in total. The summed E-state index contributed by atoms with van der Waals surface area (Å²) in [5.74, 6) is 0.425. The molecule has 1 unspecified atom stereocenters. The Bertz CT molecular complexity index is 345. The first kappa shape index (κ1) is 12.6. The molecule has 16 heavy (non-hydrogen) atoms. The van der Waals surface area contributed by atoms with Crippen LogP contribution in [-0.2, 0) is 4.79 Å². The number of nitrogens with zero attached hydrogens (tertiary/aromatic N) is 1. The van der Waals surface area contributed by atoms with Crippen LogP contribution < -0.4 is 5.73 Å². The Hall–Kier alpha value is -1.51. The summed E-state index contributed by atoms with van der Waals surface area (Å²) in [6, 6.07) is 7.72. The van der Waals surface area contributed by atoms with Crippen LogP contribution in [0.3, 0.4) is 0 Å². The van der Waals surface area contributed by atoms with Crippen LogP contribution in [0.4, 0.5) is 5.69 Å². The van der Waals surface area contributed by atoms with Gasteiger partial charge < -0.3 is 10.6 Å². The molecule has 3 heteroatoms. The van der Waals surface area contributed by atoms with E-state index in [1.165, 1.54) is 0 Å². The predicted octanol–water partition coefficient (Wildman–Crippen LogP) is 2.24. The van der Waals surface area contributed by atoms with Crippen molar-refractivity contribution in [3.05, 3.63) is 29.8 Å². The quantitative estimate of drug-likeness (QED) is 0.791. The predicted molar refractivity (Wildman–Crippen MR) is 67.2 cm³/mol. The first-order chi connectivity index (χ1) is 7.54. The fourth-order valence-electron chi connectivity index (χ4n) is 1.54. The van der Waals surface area contributed by atoms with Gasteiger partial charge in [-0.3, -0.25) is 4.79 Å². The van der Waals surface area contributed by atoms with Gasteiger partial charge in [0.1, 0.15) is 0 Å². The van der Waals surface area contributed by atoms with Crippen molar-refractivity contribution in [1.29, 1.82) is 0 Å². The molecule has 0 fully saturated rings. The normalized spacial score (nSPS) is 12.2. The highest BCUT2D eigenvalue weighted by Crippen LogP contribution is 2.20. The van der Waals surface area contributed by atoms with Crippen LogP contribution in [0.15, 0.2) is 24.3 Å². The molecule has 1 aromatic carbocycles. The molecular weight excluding hydrogens is 200 g/mol. The van der Waals surface area contributed by atoms with Crippen LogP contribution in [0.1, 0.15) is 31.7 Å². The zero-order chi connectivity index (χ0) is 12.1. The van der Waals surface area contributed by atoms with Gasteiger partial charge in [-0.15, -0.1) is 0 Å². The minimum atomic E-state index is 0.187. The van der Waals surface area contributed by atoms with Gasteiger partial charge in [-0.1, -0.05) is 19.1 Å². The monoisotopic (exact) mass is 220 g/mol. The van der Waals surface area contributed by atoms with E-state index in [1.54, 1.807) is 4.90 Å². The molecule has 1 rings (SSSR count). The maximum Gasteiger partial charge on any atom is 0.222 e. The molecule has 88 valence electrons. The lowest BCUT2D eigenvalue weighted by atomic mass is 9.97. The number of hydrogen-bond acceptors (Lipinski definition) is 2. The van der Waals surface area contributed by atoms with E-state index in [9.17, 15) is 4.79 Å². The maximum atomic E-state index is 11.7. The molecule has 0 saturated heterocycles. The van der Waals surface area contributed by atoms with Crippen molar-refractivity contribution >= 4 is 11.6 Å². The van der Waals surface area contributed by atoms with Gasteiger partial charge >= 0.3 is 0 Å². The molecule has 3 nitrogen and oxygen atoms in total. The Morgan fingerprint density at radius 1 is 1.38 bits per heavy atom. The van der Waals surface area contributed by atoms with E-state index >= 15 is 0 Å². The molecule has 0 aliphatic carbocycles. The number of amides is 1. The molecule has 1 amide bonds. The molecule has 0 bridgehead atoms. The number of nitrogens with two attached hydrogens (primary N) is 1. The third-order valence-corrected chi connectivity index (χ3v) is 2.89. The molecule has 0 aliphatic heterocycles. The summed E-state index contributed by atoms with van der Waals surface area (Å²) in [5.41, 5.74) is 7.54. The summed E-state index contributed by atoms with van der Waals surface area (Å²) in [6.07, 6.45) is 0.550. The Labute approximate surface area is 97.2 Å². The van der Waals surface area contributed by atoms with Crippen LogP contribution in [0.25, 0.3) is 0 Å². The number of hydrogen-bond donors (Lipinski definition) is 1. The van der Waals surface area contributed by atoms with Crippen molar-refractivity contribution in [2.24, 2.45) is 0 Å².